The number of aromatic nitrogens is 3. The number of nitrogens with two attached hydrogens (primary N) is 1. The van der Waals surface area contributed by atoms with Crippen LogP contribution in [-0.4, -0.2) is 51.4 Å². The maximum atomic E-state index is 13.1. The maximum absolute atomic E-state index is 13.1. The van der Waals surface area contributed by atoms with E-state index >= 15 is 0 Å². The van der Waals surface area contributed by atoms with Crippen LogP contribution in [-0.2, 0) is 0 Å². The Bertz CT molecular complexity index is 1680. The third-order valence-corrected chi connectivity index (χ3v) is 7.84. The van der Waals surface area contributed by atoms with Crippen molar-refractivity contribution in [1.82, 2.24) is 14.5 Å². The summed E-state index contributed by atoms with van der Waals surface area (Å²) in [6.07, 6.45) is 6.30. The number of nitrogen functional groups attached to an aromatic ring is 1. The number of halogens is 2. The van der Waals surface area contributed by atoms with E-state index in [2.05, 4.69) is 14.9 Å². The Morgan fingerprint density at radius 1 is 1.15 bits per heavy atom. The molecule has 2 aliphatic rings. The number of benzene rings is 1. The molecule has 1 aromatic carbocycles. The Kier molecular flexibility index (Phi) is 6.23. The summed E-state index contributed by atoms with van der Waals surface area (Å²) in [5.74, 6) is 0.337. The van der Waals surface area contributed by atoms with Crippen molar-refractivity contribution in [3.05, 3.63) is 74.8 Å². The predicted octanol–water partition coefficient (Wildman–Crippen LogP) is 4.42. The van der Waals surface area contributed by atoms with Gasteiger partial charge in [0.15, 0.2) is 0 Å². The number of carboxylic acids is 1. The van der Waals surface area contributed by atoms with Crippen LogP contribution in [0, 0.1) is 5.92 Å². The molecule has 0 amide bonds. The van der Waals surface area contributed by atoms with Crippen LogP contribution < -0.4 is 25.5 Å². The first-order chi connectivity index (χ1) is 18.7. The third-order valence-electron chi connectivity index (χ3n) is 7.27. The molecular weight excluding hydrogens is 545 g/mol. The summed E-state index contributed by atoms with van der Waals surface area (Å²) in [4.78, 5) is 35.6. The summed E-state index contributed by atoms with van der Waals surface area (Å²) in [5, 5.41) is 10.6. The molecule has 1 aliphatic heterocycles. The number of ether oxygens (including phenoxy) is 2. The van der Waals surface area contributed by atoms with Gasteiger partial charge < -0.3 is 29.8 Å². The second-order valence-electron chi connectivity index (χ2n) is 9.64. The standard InChI is InChI=1S/C27H23Cl2N5O5/c1-38-16-6-20(29)26(32-10-16)39-12-15-4-13-5-21(13)34(15)23-8-22-17(7-19(23)28)25(35)18(27(36)37)11-33(22)14-2-3-24(30)31-9-14/h2-3,6-11,13,15,21H,4-5,12H2,1H3,(H2,30,31)(H,36,37)/t13?,15-,21?/m1/s1. The van der Waals surface area contributed by atoms with Crippen molar-refractivity contribution in [2.45, 2.75) is 24.9 Å². The molecule has 2 fully saturated rings. The molecule has 1 saturated carbocycles. The van der Waals surface area contributed by atoms with Gasteiger partial charge in [0.05, 0.1) is 47.5 Å². The number of aromatic carboxylic acids is 1. The molecule has 0 spiro atoms. The third kappa shape index (κ3) is 4.49. The second-order valence-corrected chi connectivity index (χ2v) is 10.5. The van der Waals surface area contributed by atoms with E-state index in [0.717, 1.165) is 18.5 Å². The lowest BCUT2D eigenvalue weighted by Gasteiger charge is -2.31. The van der Waals surface area contributed by atoms with Crippen molar-refractivity contribution >= 4 is 51.6 Å². The van der Waals surface area contributed by atoms with Gasteiger partial charge in [0.1, 0.15) is 28.8 Å². The van der Waals surface area contributed by atoms with Crippen LogP contribution in [0.15, 0.2) is 53.7 Å². The number of hydrogen-bond acceptors (Lipinski definition) is 8. The van der Waals surface area contributed by atoms with Crippen LogP contribution >= 0.6 is 23.2 Å². The zero-order chi connectivity index (χ0) is 27.4. The lowest BCUT2D eigenvalue weighted by molar-refractivity contribution is 0.0695. The Labute approximate surface area is 232 Å². The normalized spacial score (nSPS) is 19.7. The topological polar surface area (TPSA) is 133 Å². The molecule has 1 saturated heterocycles. The number of rotatable bonds is 7. The van der Waals surface area contributed by atoms with E-state index < -0.39 is 11.4 Å². The van der Waals surface area contributed by atoms with Crippen molar-refractivity contribution in [1.29, 1.82) is 0 Å². The van der Waals surface area contributed by atoms with Gasteiger partial charge in [-0.3, -0.25) is 4.79 Å². The molecule has 10 nitrogen and oxygen atoms in total. The maximum Gasteiger partial charge on any atom is 0.341 e. The largest absolute Gasteiger partial charge is 0.495 e. The number of carbonyl (C=O) groups is 1. The van der Waals surface area contributed by atoms with Gasteiger partial charge in [0.2, 0.25) is 11.3 Å². The fraction of sp³-hybridized carbons (Fsp3) is 0.259. The molecule has 2 unspecified atom stereocenters. The van der Waals surface area contributed by atoms with Gasteiger partial charge >= 0.3 is 5.97 Å². The molecule has 1 aliphatic carbocycles. The zero-order valence-electron chi connectivity index (χ0n) is 20.7. The molecular formula is C27H23Cl2N5O5. The van der Waals surface area contributed by atoms with E-state index in [1.165, 1.54) is 25.6 Å². The number of hydrogen-bond donors (Lipinski definition) is 2. The Morgan fingerprint density at radius 2 is 1.97 bits per heavy atom. The van der Waals surface area contributed by atoms with Gasteiger partial charge in [0.25, 0.3) is 0 Å². The van der Waals surface area contributed by atoms with Crippen LogP contribution in [0.3, 0.4) is 0 Å². The predicted molar refractivity (Wildman–Crippen MR) is 148 cm³/mol. The highest BCUT2D eigenvalue weighted by molar-refractivity contribution is 6.34. The lowest BCUT2D eigenvalue weighted by atomic mass is 10.1. The van der Waals surface area contributed by atoms with Gasteiger partial charge in [-0.2, -0.15) is 0 Å². The van der Waals surface area contributed by atoms with E-state index in [0.29, 0.717) is 51.2 Å². The summed E-state index contributed by atoms with van der Waals surface area (Å²) in [6, 6.07) is 8.60. The van der Waals surface area contributed by atoms with E-state index in [1.54, 1.807) is 29.0 Å². The van der Waals surface area contributed by atoms with Crippen molar-refractivity contribution in [3.8, 4) is 17.3 Å². The van der Waals surface area contributed by atoms with Gasteiger partial charge in [0, 0.05) is 23.7 Å². The highest BCUT2D eigenvalue weighted by Crippen LogP contribution is 2.51. The summed E-state index contributed by atoms with van der Waals surface area (Å²) < 4.78 is 12.8. The van der Waals surface area contributed by atoms with Crippen molar-refractivity contribution in [2.75, 3.05) is 24.4 Å². The first kappa shape index (κ1) is 25.3. The molecule has 4 heterocycles. The van der Waals surface area contributed by atoms with Crippen molar-refractivity contribution in [2.24, 2.45) is 5.92 Å². The average Bonchev–Trinajstić information content (AvgIpc) is 3.59. The first-order valence-corrected chi connectivity index (χ1v) is 13.0. The molecule has 3 atom stereocenters. The highest BCUT2D eigenvalue weighted by Gasteiger charge is 2.52. The van der Waals surface area contributed by atoms with Crippen molar-refractivity contribution in [3.63, 3.8) is 0 Å². The van der Waals surface area contributed by atoms with Crippen LogP contribution in [0.5, 0.6) is 11.6 Å². The Hall–Kier alpha value is -4.02. The van der Waals surface area contributed by atoms with E-state index in [4.69, 9.17) is 38.4 Å². The minimum Gasteiger partial charge on any atom is -0.495 e. The number of fused-ring (bicyclic) bond motifs is 2. The van der Waals surface area contributed by atoms with Gasteiger partial charge in [-0.05, 0) is 43.0 Å². The minimum absolute atomic E-state index is 0.0136. The van der Waals surface area contributed by atoms with Crippen LogP contribution in [0.2, 0.25) is 10.0 Å². The highest BCUT2D eigenvalue weighted by atomic mass is 35.5. The van der Waals surface area contributed by atoms with Crippen LogP contribution in [0.1, 0.15) is 23.2 Å². The molecule has 200 valence electrons. The first-order valence-electron chi connectivity index (χ1n) is 12.2. The number of carboxylic acid groups (broad SMARTS) is 1. The number of methoxy groups -OCH3 is 1. The molecule has 4 aromatic rings. The van der Waals surface area contributed by atoms with Crippen LogP contribution in [0.4, 0.5) is 11.5 Å². The minimum atomic E-state index is -1.33. The summed E-state index contributed by atoms with van der Waals surface area (Å²) in [6.45, 7) is 0.326. The van der Waals surface area contributed by atoms with Crippen LogP contribution in [0.25, 0.3) is 16.6 Å². The smallest absolute Gasteiger partial charge is 0.341 e. The number of pyridine rings is 3. The molecule has 39 heavy (non-hydrogen) atoms. The SMILES string of the molecule is COc1cnc(OC[C@H]2CC3CC3N2c2cc3c(cc2Cl)c(=O)c(C(=O)O)cn3-c2ccc(N)nc2)c(Cl)c1. The lowest BCUT2D eigenvalue weighted by Crippen LogP contribution is -2.37. The fourth-order valence-corrected chi connectivity index (χ4v) is 5.79. The van der Waals surface area contributed by atoms with E-state index in [-0.39, 0.29) is 23.0 Å². The molecule has 0 bridgehead atoms. The number of nitrogens with zero attached hydrogens (tertiary/aromatic N) is 4. The van der Waals surface area contributed by atoms with E-state index in [9.17, 15) is 14.7 Å². The molecule has 0 radical (unpaired) electrons. The summed E-state index contributed by atoms with van der Waals surface area (Å²) >= 11 is 13.1. The monoisotopic (exact) mass is 567 g/mol. The number of piperidine rings is 1. The Balaban J connectivity index is 1.41. The quantitative estimate of drug-likeness (QED) is 0.332. The zero-order valence-corrected chi connectivity index (χ0v) is 22.2. The molecule has 6 rings (SSSR count). The van der Waals surface area contributed by atoms with Gasteiger partial charge in [-0.1, -0.05) is 23.2 Å². The fourth-order valence-electron chi connectivity index (χ4n) is 5.32. The molecule has 3 N–H and O–H groups in total. The van der Waals surface area contributed by atoms with Crippen molar-refractivity contribution < 1.29 is 19.4 Å². The Morgan fingerprint density at radius 3 is 2.67 bits per heavy atom. The average molecular weight is 568 g/mol. The molecule has 12 heteroatoms. The van der Waals surface area contributed by atoms with E-state index in [1.807, 2.05) is 6.07 Å². The number of anilines is 2. The molecule has 3 aromatic heterocycles. The van der Waals surface area contributed by atoms with Gasteiger partial charge in [-0.25, -0.2) is 14.8 Å². The van der Waals surface area contributed by atoms with Gasteiger partial charge in [-0.15, -0.1) is 0 Å². The summed E-state index contributed by atoms with van der Waals surface area (Å²) in [5.41, 5.74) is 6.55. The second kappa shape index (κ2) is 9.62. The summed E-state index contributed by atoms with van der Waals surface area (Å²) in [7, 11) is 1.54.